The third kappa shape index (κ3) is 1.82. The number of aromatic amines is 1. The van der Waals surface area contributed by atoms with Gasteiger partial charge in [-0.3, -0.25) is 4.79 Å². The normalized spacial score (nSPS) is 10.4. The Morgan fingerprint density at radius 3 is 2.44 bits per heavy atom. The highest BCUT2D eigenvalue weighted by Crippen LogP contribution is 2.20. The molecule has 2 rings (SSSR count). The molecule has 1 heterocycles. The summed E-state index contributed by atoms with van der Waals surface area (Å²) in [5.41, 5.74) is 8.09. The molecule has 82 valence electrons. The number of nitrogens with one attached hydrogen (secondary N) is 1. The van der Waals surface area contributed by atoms with Gasteiger partial charge in [0.15, 0.2) is 5.78 Å². The zero-order valence-electron chi connectivity index (χ0n) is 8.75. The van der Waals surface area contributed by atoms with E-state index in [0.29, 0.717) is 21.8 Å². The lowest BCUT2D eigenvalue weighted by molar-refractivity contribution is 0.103. The average molecular weight is 235 g/mol. The largest absolute Gasteiger partial charge is 0.397 e. The van der Waals surface area contributed by atoms with E-state index in [1.807, 2.05) is 6.92 Å². The number of rotatable bonds is 2. The number of carbonyl (C=O) groups is 1. The van der Waals surface area contributed by atoms with Crippen molar-refractivity contribution in [2.75, 3.05) is 5.73 Å². The quantitative estimate of drug-likeness (QED) is 0.785. The standard InChI is InChI=1S/C12H11ClN2O/c1-7-11(10(14)6-15-7)12(16)8-2-4-9(13)5-3-8/h2-6,15H,14H2,1H3. The second kappa shape index (κ2) is 4.02. The van der Waals surface area contributed by atoms with Crippen molar-refractivity contribution in [3.05, 3.63) is 52.3 Å². The Kier molecular flexibility index (Phi) is 2.71. The second-order valence-electron chi connectivity index (χ2n) is 3.58. The van der Waals surface area contributed by atoms with Gasteiger partial charge < -0.3 is 10.7 Å². The number of carbonyl (C=O) groups excluding carboxylic acids is 1. The van der Waals surface area contributed by atoms with Crippen LogP contribution in [0.2, 0.25) is 5.02 Å². The van der Waals surface area contributed by atoms with Gasteiger partial charge in [-0.1, -0.05) is 11.6 Å². The number of benzene rings is 1. The zero-order chi connectivity index (χ0) is 11.7. The fraction of sp³-hybridized carbons (Fsp3) is 0.0833. The van der Waals surface area contributed by atoms with Crippen molar-refractivity contribution in [1.29, 1.82) is 0 Å². The summed E-state index contributed by atoms with van der Waals surface area (Å²) in [5.74, 6) is -0.0899. The van der Waals surface area contributed by atoms with Crippen LogP contribution in [0, 0.1) is 6.92 Å². The topological polar surface area (TPSA) is 58.9 Å². The maximum absolute atomic E-state index is 12.1. The number of halogens is 1. The first-order valence-corrected chi connectivity index (χ1v) is 5.21. The Labute approximate surface area is 98.2 Å². The summed E-state index contributed by atoms with van der Waals surface area (Å²) in [6, 6.07) is 6.76. The molecule has 0 amide bonds. The molecule has 16 heavy (non-hydrogen) atoms. The lowest BCUT2D eigenvalue weighted by Crippen LogP contribution is -2.04. The smallest absolute Gasteiger partial charge is 0.196 e. The summed E-state index contributed by atoms with van der Waals surface area (Å²) in [5, 5.41) is 0.607. The van der Waals surface area contributed by atoms with Gasteiger partial charge in [-0.25, -0.2) is 0 Å². The van der Waals surface area contributed by atoms with Crippen LogP contribution in [0.15, 0.2) is 30.5 Å². The lowest BCUT2D eigenvalue weighted by Gasteiger charge is -2.02. The first-order valence-electron chi connectivity index (χ1n) is 4.83. The third-order valence-corrected chi connectivity index (χ3v) is 2.69. The van der Waals surface area contributed by atoms with Crippen LogP contribution in [0.25, 0.3) is 0 Å². The predicted octanol–water partition coefficient (Wildman–Crippen LogP) is 2.79. The van der Waals surface area contributed by atoms with Crippen molar-refractivity contribution in [1.82, 2.24) is 4.98 Å². The maximum Gasteiger partial charge on any atom is 0.196 e. The molecule has 0 spiro atoms. The van der Waals surface area contributed by atoms with E-state index in [1.165, 1.54) is 0 Å². The first-order chi connectivity index (χ1) is 7.59. The third-order valence-electron chi connectivity index (χ3n) is 2.44. The molecule has 3 nitrogen and oxygen atoms in total. The number of aromatic nitrogens is 1. The van der Waals surface area contributed by atoms with Crippen molar-refractivity contribution in [2.45, 2.75) is 6.92 Å². The van der Waals surface area contributed by atoms with Gasteiger partial charge in [0.1, 0.15) is 0 Å². The number of nitrogen functional groups attached to an aromatic ring is 1. The van der Waals surface area contributed by atoms with Crippen LogP contribution >= 0.6 is 11.6 Å². The number of ketones is 1. The SMILES string of the molecule is Cc1[nH]cc(N)c1C(=O)c1ccc(Cl)cc1. The van der Waals surface area contributed by atoms with Crippen LogP contribution in [-0.2, 0) is 0 Å². The molecule has 0 saturated heterocycles. The molecule has 0 aliphatic carbocycles. The number of hydrogen-bond donors (Lipinski definition) is 2. The highest BCUT2D eigenvalue weighted by molar-refractivity contribution is 6.30. The summed E-state index contributed by atoms with van der Waals surface area (Å²) in [6.45, 7) is 1.82. The van der Waals surface area contributed by atoms with Crippen LogP contribution in [0.5, 0.6) is 0 Å². The number of anilines is 1. The van der Waals surface area contributed by atoms with Crippen LogP contribution in [-0.4, -0.2) is 10.8 Å². The van der Waals surface area contributed by atoms with Crippen LogP contribution in [0.3, 0.4) is 0 Å². The highest BCUT2D eigenvalue weighted by atomic mass is 35.5. The molecule has 0 aliphatic rings. The van der Waals surface area contributed by atoms with Crippen LogP contribution in [0.4, 0.5) is 5.69 Å². The van der Waals surface area contributed by atoms with Gasteiger partial charge in [0.05, 0.1) is 11.3 Å². The fourth-order valence-corrected chi connectivity index (χ4v) is 1.72. The fourth-order valence-electron chi connectivity index (χ4n) is 1.59. The Morgan fingerprint density at radius 1 is 1.31 bits per heavy atom. The zero-order valence-corrected chi connectivity index (χ0v) is 9.51. The van der Waals surface area contributed by atoms with Gasteiger partial charge in [-0.15, -0.1) is 0 Å². The van der Waals surface area contributed by atoms with Crippen LogP contribution < -0.4 is 5.73 Å². The Hall–Kier alpha value is -1.74. The van der Waals surface area contributed by atoms with Gasteiger partial charge in [0, 0.05) is 22.5 Å². The minimum absolute atomic E-state index is 0.0899. The van der Waals surface area contributed by atoms with E-state index in [4.69, 9.17) is 17.3 Å². The predicted molar refractivity (Wildman–Crippen MR) is 64.8 cm³/mol. The van der Waals surface area contributed by atoms with E-state index < -0.39 is 0 Å². The van der Waals surface area contributed by atoms with Crippen LogP contribution in [0.1, 0.15) is 21.6 Å². The molecule has 2 aromatic rings. The van der Waals surface area contributed by atoms with Gasteiger partial charge in [-0.2, -0.15) is 0 Å². The molecule has 3 N–H and O–H groups in total. The van der Waals surface area contributed by atoms with E-state index in [9.17, 15) is 4.79 Å². The number of H-pyrrole nitrogens is 1. The number of hydrogen-bond acceptors (Lipinski definition) is 2. The summed E-state index contributed by atoms with van der Waals surface area (Å²) >= 11 is 5.76. The minimum Gasteiger partial charge on any atom is -0.397 e. The Morgan fingerprint density at radius 2 is 1.94 bits per heavy atom. The Balaban J connectivity index is 2.43. The molecule has 1 aromatic carbocycles. The molecule has 0 bridgehead atoms. The molecule has 4 heteroatoms. The molecule has 0 radical (unpaired) electrons. The lowest BCUT2D eigenvalue weighted by atomic mass is 10.0. The van der Waals surface area contributed by atoms with Crippen molar-refractivity contribution in [3.63, 3.8) is 0 Å². The maximum atomic E-state index is 12.1. The van der Waals surface area contributed by atoms with Crippen molar-refractivity contribution in [2.24, 2.45) is 0 Å². The van der Waals surface area contributed by atoms with Gasteiger partial charge >= 0.3 is 0 Å². The average Bonchev–Trinajstić information content (AvgIpc) is 2.59. The van der Waals surface area contributed by atoms with Gasteiger partial charge in [-0.05, 0) is 31.2 Å². The molecular weight excluding hydrogens is 224 g/mol. The summed E-state index contributed by atoms with van der Waals surface area (Å²) < 4.78 is 0. The molecule has 1 aromatic heterocycles. The van der Waals surface area contributed by atoms with E-state index in [0.717, 1.165) is 5.69 Å². The molecule has 0 fully saturated rings. The molecule has 0 atom stereocenters. The highest BCUT2D eigenvalue weighted by Gasteiger charge is 2.16. The summed E-state index contributed by atoms with van der Waals surface area (Å²) in [4.78, 5) is 15.0. The van der Waals surface area contributed by atoms with Gasteiger partial charge in [0.2, 0.25) is 0 Å². The minimum atomic E-state index is -0.0899. The van der Waals surface area contributed by atoms with E-state index in [-0.39, 0.29) is 5.78 Å². The second-order valence-corrected chi connectivity index (χ2v) is 4.02. The van der Waals surface area contributed by atoms with E-state index in [2.05, 4.69) is 4.98 Å². The van der Waals surface area contributed by atoms with Crippen molar-refractivity contribution < 1.29 is 4.79 Å². The number of aryl methyl sites for hydroxylation is 1. The number of nitrogens with two attached hydrogens (primary N) is 1. The van der Waals surface area contributed by atoms with Crippen molar-refractivity contribution in [3.8, 4) is 0 Å². The van der Waals surface area contributed by atoms with E-state index >= 15 is 0 Å². The monoisotopic (exact) mass is 234 g/mol. The van der Waals surface area contributed by atoms with Gasteiger partial charge in [0.25, 0.3) is 0 Å². The van der Waals surface area contributed by atoms with Crippen molar-refractivity contribution >= 4 is 23.1 Å². The molecular formula is C12H11ClN2O. The molecule has 0 unspecified atom stereocenters. The summed E-state index contributed by atoms with van der Waals surface area (Å²) in [6.07, 6.45) is 1.62. The molecule has 0 saturated carbocycles. The van der Waals surface area contributed by atoms with E-state index in [1.54, 1.807) is 30.5 Å². The molecule has 0 aliphatic heterocycles. The summed E-state index contributed by atoms with van der Waals surface area (Å²) in [7, 11) is 0. The Bertz CT molecular complexity index is 509. The first kappa shape index (κ1) is 10.8.